The molecule has 0 aliphatic carbocycles. The van der Waals surface area contributed by atoms with Gasteiger partial charge >= 0.3 is 12.0 Å². The number of amides is 2. The average Bonchev–Trinajstić information content (AvgIpc) is 1.81. The summed E-state index contributed by atoms with van der Waals surface area (Å²) in [5.74, 6) is -1.19. The lowest BCUT2D eigenvalue weighted by molar-refractivity contribution is -0.137. The number of primary amides is 1. The molecule has 0 aliphatic heterocycles. The Morgan fingerprint density at radius 2 is 2.20 bits per heavy atom. The van der Waals surface area contributed by atoms with Crippen molar-refractivity contribution in [3.05, 3.63) is 12.7 Å². The third kappa shape index (κ3) is 2.71. The van der Waals surface area contributed by atoms with Crippen molar-refractivity contribution >= 4 is 12.0 Å². The molecule has 1 atom stereocenters. The van der Waals surface area contributed by atoms with Crippen LogP contribution in [-0.2, 0) is 4.79 Å². The predicted octanol–water partition coefficient (Wildman–Crippen LogP) is -0.706. The van der Waals surface area contributed by atoms with Crippen molar-refractivity contribution in [3.8, 4) is 0 Å². The van der Waals surface area contributed by atoms with Crippen LogP contribution in [-0.4, -0.2) is 23.1 Å². The van der Waals surface area contributed by atoms with Crippen LogP contribution in [0.1, 0.15) is 0 Å². The molecule has 0 bridgehead atoms. The second kappa shape index (κ2) is 3.49. The minimum absolute atomic E-state index is 0.882. The second-order valence-corrected chi connectivity index (χ2v) is 1.56. The van der Waals surface area contributed by atoms with Crippen LogP contribution < -0.4 is 11.1 Å². The van der Waals surface area contributed by atoms with Crippen molar-refractivity contribution in [1.82, 2.24) is 5.32 Å². The van der Waals surface area contributed by atoms with Gasteiger partial charge in [0, 0.05) is 0 Å². The Bertz CT molecular complexity index is 166. The quantitative estimate of drug-likeness (QED) is 0.457. The monoisotopic (exact) mass is 144 g/mol. The molecule has 0 aromatic rings. The lowest BCUT2D eigenvalue weighted by Crippen LogP contribution is -2.42. The maximum Gasteiger partial charge on any atom is 0.330 e. The highest BCUT2D eigenvalue weighted by Crippen LogP contribution is 1.82. The molecule has 5 heteroatoms. The summed E-state index contributed by atoms with van der Waals surface area (Å²) < 4.78 is 0. The van der Waals surface area contributed by atoms with Gasteiger partial charge in [-0.05, 0) is 0 Å². The Morgan fingerprint density at radius 3 is 2.30 bits per heavy atom. The molecule has 0 aromatic carbocycles. The van der Waals surface area contributed by atoms with Gasteiger partial charge in [-0.1, -0.05) is 6.08 Å². The Balaban J connectivity index is 3.96. The number of aliphatic carboxylic acids is 1. The van der Waals surface area contributed by atoms with Gasteiger partial charge in [-0.2, -0.15) is 0 Å². The molecule has 0 heterocycles. The third-order valence-corrected chi connectivity index (χ3v) is 0.800. The number of rotatable bonds is 3. The molecule has 0 aliphatic rings. The molecule has 1 unspecified atom stereocenters. The van der Waals surface area contributed by atoms with E-state index < -0.39 is 18.0 Å². The third-order valence-electron chi connectivity index (χ3n) is 0.800. The molecular weight excluding hydrogens is 136 g/mol. The molecule has 0 fully saturated rings. The molecule has 0 saturated carbocycles. The minimum atomic E-state index is -1.19. The molecule has 4 N–H and O–H groups in total. The molecule has 0 aromatic heterocycles. The molecule has 10 heavy (non-hydrogen) atoms. The van der Waals surface area contributed by atoms with E-state index in [-0.39, 0.29) is 0 Å². The summed E-state index contributed by atoms with van der Waals surface area (Å²) in [6, 6.07) is -1.98. The SMILES string of the molecule is C=CC(NC(N)=O)C(=O)O. The van der Waals surface area contributed by atoms with Gasteiger partial charge in [0.25, 0.3) is 0 Å². The maximum atomic E-state index is 10.1. The Morgan fingerprint density at radius 1 is 1.70 bits per heavy atom. The zero-order valence-corrected chi connectivity index (χ0v) is 5.20. The lowest BCUT2D eigenvalue weighted by Gasteiger charge is -2.05. The smallest absolute Gasteiger partial charge is 0.330 e. The van der Waals surface area contributed by atoms with Gasteiger partial charge in [0.1, 0.15) is 6.04 Å². The van der Waals surface area contributed by atoms with E-state index >= 15 is 0 Å². The van der Waals surface area contributed by atoms with E-state index in [1.807, 2.05) is 5.32 Å². The Kier molecular flexibility index (Phi) is 2.96. The number of carbonyl (C=O) groups excluding carboxylic acids is 1. The van der Waals surface area contributed by atoms with Crippen LogP contribution in [0.25, 0.3) is 0 Å². The van der Waals surface area contributed by atoms with Crippen LogP contribution in [0.5, 0.6) is 0 Å². The van der Waals surface area contributed by atoms with Gasteiger partial charge in [-0.15, -0.1) is 6.58 Å². The van der Waals surface area contributed by atoms with Crippen molar-refractivity contribution in [2.24, 2.45) is 5.73 Å². The lowest BCUT2D eigenvalue weighted by atomic mass is 10.3. The van der Waals surface area contributed by atoms with Gasteiger partial charge in [0.15, 0.2) is 0 Å². The summed E-state index contributed by atoms with van der Waals surface area (Å²) in [4.78, 5) is 20.2. The normalized spacial score (nSPS) is 11.6. The van der Waals surface area contributed by atoms with Gasteiger partial charge in [-0.3, -0.25) is 0 Å². The largest absolute Gasteiger partial charge is 0.479 e. The first kappa shape index (κ1) is 8.48. The minimum Gasteiger partial charge on any atom is -0.479 e. The van der Waals surface area contributed by atoms with Gasteiger partial charge < -0.3 is 16.2 Å². The van der Waals surface area contributed by atoms with Crippen molar-refractivity contribution in [1.29, 1.82) is 0 Å². The summed E-state index contributed by atoms with van der Waals surface area (Å²) in [6.45, 7) is 3.18. The topological polar surface area (TPSA) is 92.4 Å². The highest BCUT2D eigenvalue weighted by Gasteiger charge is 2.12. The standard InChI is InChI=1S/C5H8N2O3/c1-2-3(4(8)9)7-5(6)10/h2-3H,1H2,(H,8,9)(H3,6,7,10). The molecular formula is C5H8N2O3. The molecule has 5 nitrogen and oxygen atoms in total. The summed E-state index contributed by atoms with van der Waals surface area (Å²) in [5.41, 5.74) is 4.65. The Labute approximate surface area is 57.5 Å². The van der Waals surface area contributed by atoms with Gasteiger partial charge in [-0.25, -0.2) is 9.59 Å². The fourth-order valence-electron chi connectivity index (χ4n) is 0.375. The van der Waals surface area contributed by atoms with Crippen LogP contribution in [0.4, 0.5) is 4.79 Å². The van der Waals surface area contributed by atoms with Gasteiger partial charge in [0.05, 0.1) is 0 Å². The van der Waals surface area contributed by atoms with Crippen molar-refractivity contribution < 1.29 is 14.7 Å². The number of carboxylic acids is 1. The highest BCUT2D eigenvalue weighted by atomic mass is 16.4. The van der Waals surface area contributed by atoms with Crippen LogP contribution in [0.3, 0.4) is 0 Å². The van der Waals surface area contributed by atoms with Crippen molar-refractivity contribution in [2.75, 3.05) is 0 Å². The fourth-order valence-corrected chi connectivity index (χ4v) is 0.375. The van der Waals surface area contributed by atoms with Crippen molar-refractivity contribution in [3.63, 3.8) is 0 Å². The summed E-state index contributed by atoms with van der Waals surface area (Å²) in [6.07, 6.45) is 1.08. The van der Waals surface area contributed by atoms with Crippen LogP contribution in [0.15, 0.2) is 12.7 Å². The van der Waals surface area contributed by atoms with Gasteiger partial charge in [0.2, 0.25) is 0 Å². The van der Waals surface area contributed by atoms with E-state index in [9.17, 15) is 9.59 Å². The number of carbonyl (C=O) groups is 2. The number of nitrogens with two attached hydrogens (primary N) is 1. The van der Waals surface area contributed by atoms with Crippen LogP contribution >= 0.6 is 0 Å². The summed E-state index contributed by atoms with van der Waals surface area (Å²) >= 11 is 0. The number of carboxylic acid groups (broad SMARTS) is 1. The van der Waals surface area contributed by atoms with Crippen LogP contribution in [0, 0.1) is 0 Å². The number of urea groups is 1. The first-order valence-corrected chi connectivity index (χ1v) is 2.49. The number of hydrogen-bond acceptors (Lipinski definition) is 2. The van der Waals surface area contributed by atoms with E-state index in [1.165, 1.54) is 0 Å². The van der Waals surface area contributed by atoms with Crippen molar-refractivity contribution in [2.45, 2.75) is 6.04 Å². The molecule has 2 amide bonds. The number of nitrogens with one attached hydrogen (secondary N) is 1. The molecule has 56 valence electrons. The maximum absolute atomic E-state index is 10.1. The van der Waals surface area contributed by atoms with E-state index in [1.54, 1.807) is 0 Å². The zero-order chi connectivity index (χ0) is 8.15. The molecule has 0 rings (SSSR count). The zero-order valence-electron chi connectivity index (χ0n) is 5.20. The first-order valence-electron chi connectivity index (χ1n) is 2.49. The molecule has 0 saturated heterocycles. The van der Waals surface area contributed by atoms with E-state index in [2.05, 4.69) is 12.3 Å². The highest BCUT2D eigenvalue weighted by molar-refractivity contribution is 5.83. The van der Waals surface area contributed by atoms with Crippen LogP contribution in [0.2, 0.25) is 0 Å². The number of hydrogen-bond donors (Lipinski definition) is 3. The van der Waals surface area contributed by atoms with E-state index in [0.29, 0.717) is 0 Å². The second-order valence-electron chi connectivity index (χ2n) is 1.56. The Hall–Kier alpha value is -1.52. The van der Waals surface area contributed by atoms with E-state index in [0.717, 1.165) is 6.08 Å². The predicted molar refractivity (Wildman–Crippen MR) is 34.3 cm³/mol. The first-order chi connectivity index (χ1) is 4.57. The molecule has 0 spiro atoms. The summed E-state index contributed by atoms with van der Waals surface area (Å²) in [7, 11) is 0. The average molecular weight is 144 g/mol. The fraction of sp³-hybridized carbons (Fsp3) is 0.200. The summed E-state index contributed by atoms with van der Waals surface area (Å²) in [5, 5.41) is 10.2. The van der Waals surface area contributed by atoms with E-state index in [4.69, 9.17) is 5.11 Å². The molecule has 0 radical (unpaired) electrons.